The second-order valence-corrected chi connectivity index (χ2v) is 5.45. The maximum absolute atomic E-state index is 9.01. The summed E-state index contributed by atoms with van der Waals surface area (Å²) < 4.78 is 5.17. The maximum atomic E-state index is 9.01. The van der Waals surface area contributed by atoms with Crippen LogP contribution in [0.25, 0.3) is 0 Å². The molecule has 0 amide bonds. The molecule has 0 aliphatic heterocycles. The molecule has 0 radical (unpaired) electrons. The Balaban J connectivity index is 2.99. The van der Waals surface area contributed by atoms with Gasteiger partial charge in [0.15, 0.2) is 5.79 Å². The van der Waals surface area contributed by atoms with Crippen molar-refractivity contribution in [2.75, 3.05) is 13.2 Å². The zero-order valence-electron chi connectivity index (χ0n) is 12.3. The van der Waals surface area contributed by atoms with Crippen molar-refractivity contribution in [2.24, 2.45) is 0 Å². The van der Waals surface area contributed by atoms with E-state index in [0.717, 1.165) is 6.42 Å². The summed E-state index contributed by atoms with van der Waals surface area (Å²) >= 11 is 0. The summed E-state index contributed by atoms with van der Waals surface area (Å²) in [5, 5.41) is 18.0. The number of aliphatic hydroxyl groups is 2. The first kappa shape index (κ1) is 17.9. The van der Waals surface area contributed by atoms with Crippen LogP contribution in [-0.4, -0.2) is 29.2 Å². The monoisotopic (exact) mass is 260 g/mol. The Kier molecular flexibility index (Phi) is 11.9. The number of unbranched alkanes of at least 4 members (excludes halogenated alkanes) is 9. The van der Waals surface area contributed by atoms with Crippen LogP contribution in [0.1, 0.15) is 78.1 Å². The second-order valence-electron chi connectivity index (χ2n) is 5.45. The Morgan fingerprint density at radius 2 is 1.22 bits per heavy atom. The van der Waals surface area contributed by atoms with Crippen LogP contribution in [0.5, 0.6) is 0 Å². The third-order valence-electron chi connectivity index (χ3n) is 3.02. The van der Waals surface area contributed by atoms with Gasteiger partial charge in [0.05, 0.1) is 6.61 Å². The van der Waals surface area contributed by atoms with E-state index >= 15 is 0 Å². The van der Waals surface area contributed by atoms with Crippen molar-refractivity contribution in [3.05, 3.63) is 0 Å². The van der Waals surface area contributed by atoms with E-state index in [2.05, 4.69) is 6.92 Å². The molecule has 0 bridgehead atoms. The summed E-state index contributed by atoms with van der Waals surface area (Å²) in [6.07, 6.45) is 13.0. The molecule has 2 N–H and O–H groups in total. The Hall–Kier alpha value is -0.120. The Morgan fingerprint density at radius 3 is 1.67 bits per heavy atom. The van der Waals surface area contributed by atoms with Gasteiger partial charge in [-0.25, -0.2) is 0 Å². The third kappa shape index (κ3) is 15.9. The fourth-order valence-corrected chi connectivity index (χ4v) is 1.96. The van der Waals surface area contributed by atoms with Gasteiger partial charge in [0.1, 0.15) is 0 Å². The van der Waals surface area contributed by atoms with Gasteiger partial charge in [-0.3, -0.25) is 0 Å². The minimum absolute atomic E-state index is 0.00439. The van der Waals surface area contributed by atoms with E-state index in [-0.39, 0.29) is 6.61 Å². The van der Waals surface area contributed by atoms with Crippen molar-refractivity contribution < 1.29 is 14.9 Å². The van der Waals surface area contributed by atoms with E-state index in [4.69, 9.17) is 14.9 Å². The quantitative estimate of drug-likeness (QED) is 0.393. The fraction of sp³-hybridized carbons (Fsp3) is 1.00. The lowest BCUT2D eigenvalue weighted by Gasteiger charge is -2.15. The first-order chi connectivity index (χ1) is 8.56. The molecule has 0 saturated carbocycles. The molecule has 0 atom stereocenters. The molecule has 0 aromatic rings. The van der Waals surface area contributed by atoms with Crippen molar-refractivity contribution in [3.63, 3.8) is 0 Å². The lowest BCUT2D eigenvalue weighted by molar-refractivity contribution is -0.183. The predicted octanol–water partition coefficient (Wildman–Crippen LogP) is 3.62. The van der Waals surface area contributed by atoms with Gasteiger partial charge in [0, 0.05) is 6.61 Å². The summed E-state index contributed by atoms with van der Waals surface area (Å²) in [5.74, 6) is -1.68. The van der Waals surface area contributed by atoms with E-state index in [1.807, 2.05) is 0 Å². The number of hydrogen-bond acceptors (Lipinski definition) is 3. The molecule has 0 aromatic heterocycles. The van der Waals surface area contributed by atoms with E-state index in [0.29, 0.717) is 6.61 Å². The smallest absolute Gasteiger partial charge is 0.183 e. The second kappa shape index (κ2) is 11.9. The Labute approximate surface area is 113 Å². The zero-order valence-corrected chi connectivity index (χ0v) is 12.3. The SMILES string of the molecule is CCCCCCCCCCCCOCC(C)(O)O. The molecule has 0 aromatic carbocycles. The highest BCUT2D eigenvalue weighted by Gasteiger charge is 2.13. The van der Waals surface area contributed by atoms with Crippen molar-refractivity contribution >= 4 is 0 Å². The van der Waals surface area contributed by atoms with Crippen LogP contribution in [0.4, 0.5) is 0 Å². The summed E-state index contributed by atoms with van der Waals surface area (Å²) in [7, 11) is 0. The van der Waals surface area contributed by atoms with Crippen LogP contribution in [0.3, 0.4) is 0 Å². The summed E-state index contributed by atoms with van der Waals surface area (Å²) in [6.45, 7) is 4.22. The van der Waals surface area contributed by atoms with E-state index < -0.39 is 5.79 Å². The van der Waals surface area contributed by atoms with Gasteiger partial charge in [-0.15, -0.1) is 0 Å². The molecular formula is C15H32O3. The lowest BCUT2D eigenvalue weighted by Crippen LogP contribution is -2.29. The Morgan fingerprint density at radius 1 is 0.778 bits per heavy atom. The largest absolute Gasteiger partial charge is 0.376 e. The predicted molar refractivity (Wildman–Crippen MR) is 75.5 cm³/mol. The molecule has 0 heterocycles. The highest BCUT2D eigenvalue weighted by atomic mass is 16.6. The van der Waals surface area contributed by atoms with Crippen LogP contribution in [0.2, 0.25) is 0 Å². The minimum atomic E-state index is -1.68. The molecule has 0 aliphatic rings. The van der Waals surface area contributed by atoms with Crippen LogP contribution in [-0.2, 0) is 4.74 Å². The topological polar surface area (TPSA) is 49.7 Å². The zero-order chi connectivity index (χ0) is 13.7. The number of ether oxygens (including phenoxy) is 1. The molecular weight excluding hydrogens is 228 g/mol. The van der Waals surface area contributed by atoms with Crippen LogP contribution < -0.4 is 0 Å². The highest BCUT2D eigenvalue weighted by molar-refractivity contribution is 4.53. The van der Waals surface area contributed by atoms with Crippen LogP contribution >= 0.6 is 0 Å². The highest BCUT2D eigenvalue weighted by Crippen LogP contribution is 2.10. The van der Waals surface area contributed by atoms with Gasteiger partial charge in [0.25, 0.3) is 0 Å². The van der Waals surface area contributed by atoms with Gasteiger partial charge in [-0.05, 0) is 13.3 Å². The lowest BCUT2D eigenvalue weighted by atomic mass is 10.1. The molecule has 0 fully saturated rings. The molecule has 0 spiro atoms. The molecule has 3 heteroatoms. The fourth-order valence-electron chi connectivity index (χ4n) is 1.96. The molecule has 0 rings (SSSR count). The van der Waals surface area contributed by atoms with E-state index in [1.165, 1.54) is 64.7 Å². The van der Waals surface area contributed by atoms with Gasteiger partial charge >= 0.3 is 0 Å². The number of rotatable bonds is 13. The summed E-state index contributed by atoms with van der Waals surface area (Å²) in [5.41, 5.74) is 0. The van der Waals surface area contributed by atoms with Gasteiger partial charge in [-0.2, -0.15) is 0 Å². The van der Waals surface area contributed by atoms with Crippen molar-refractivity contribution in [2.45, 2.75) is 83.8 Å². The van der Waals surface area contributed by atoms with Crippen molar-refractivity contribution in [1.29, 1.82) is 0 Å². The average Bonchev–Trinajstić information content (AvgIpc) is 2.29. The normalized spacial score (nSPS) is 12.0. The van der Waals surface area contributed by atoms with Crippen LogP contribution in [0, 0.1) is 0 Å². The summed E-state index contributed by atoms with van der Waals surface area (Å²) in [4.78, 5) is 0. The standard InChI is InChI=1S/C15H32O3/c1-3-4-5-6-7-8-9-10-11-12-13-18-14-15(2,16)17/h16-17H,3-14H2,1-2H3. The van der Waals surface area contributed by atoms with Gasteiger partial charge < -0.3 is 14.9 Å². The first-order valence-corrected chi connectivity index (χ1v) is 7.59. The first-order valence-electron chi connectivity index (χ1n) is 7.59. The van der Waals surface area contributed by atoms with E-state index in [1.54, 1.807) is 0 Å². The van der Waals surface area contributed by atoms with Gasteiger partial charge in [-0.1, -0.05) is 64.7 Å². The van der Waals surface area contributed by atoms with E-state index in [9.17, 15) is 0 Å². The molecule has 0 aliphatic carbocycles. The Bertz CT molecular complexity index is 164. The molecule has 0 saturated heterocycles. The molecule has 3 nitrogen and oxygen atoms in total. The van der Waals surface area contributed by atoms with Crippen LogP contribution in [0.15, 0.2) is 0 Å². The summed E-state index contributed by atoms with van der Waals surface area (Å²) in [6, 6.07) is 0. The number of hydrogen-bond donors (Lipinski definition) is 2. The van der Waals surface area contributed by atoms with Gasteiger partial charge in [0.2, 0.25) is 0 Å². The van der Waals surface area contributed by atoms with Crippen molar-refractivity contribution in [1.82, 2.24) is 0 Å². The molecule has 0 unspecified atom stereocenters. The molecule has 110 valence electrons. The molecule has 18 heavy (non-hydrogen) atoms. The average molecular weight is 260 g/mol. The minimum Gasteiger partial charge on any atom is -0.376 e. The maximum Gasteiger partial charge on any atom is 0.183 e. The van der Waals surface area contributed by atoms with Crippen molar-refractivity contribution in [3.8, 4) is 0 Å². The third-order valence-corrected chi connectivity index (χ3v) is 3.02.